The van der Waals surface area contributed by atoms with Crippen LogP contribution in [-0.4, -0.2) is 29.0 Å². The van der Waals surface area contributed by atoms with Gasteiger partial charge in [0.2, 0.25) is 0 Å². The molecular formula is C16H18Cl2N4. The zero-order chi connectivity index (χ0) is 15.8. The first-order valence-electron chi connectivity index (χ1n) is 7.04. The minimum atomic E-state index is 0.624. The Kier molecular flexibility index (Phi) is 6.65. The first kappa shape index (κ1) is 16.7. The van der Waals surface area contributed by atoms with Gasteiger partial charge in [0.1, 0.15) is 11.0 Å². The van der Waals surface area contributed by atoms with Gasteiger partial charge >= 0.3 is 0 Å². The lowest BCUT2D eigenvalue weighted by atomic mass is 10.1. The number of H-pyrrole nitrogens is 1. The van der Waals surface area contributed by atoms with E-state index < -0.39 is 0 Å². The highest BCUT2D eigenvalue weighted by Crippen LogP contribution is 2.22. The monoisotopic (exact) mass is 336 g/mol. The summed E-state index contributed by atoms with van der Waals surface area (Å²) in [6, 6.07) is 13.5. The topological polar surface area (TPSA) is 53.6 Å². The molecule has 0 aliphatic heterocycles. The molecule has 4 nitrogen and oxygen atoms in total. The standard InChI is InChI=1S/C10H13Cl2N.C6H5N3/c1-13-6-2-3-8-4-5-9(11)10(12)7-8;1-2-4-6-5(3-1)7-9-8-6/h4-5,7,13H,2-3,6H2,1H3;1-4H,(H,7,8,9). The van der Waals surface area contributed by atoms with Gasteiger partial charge in [0, 0.05) is 0 Å². The van der Waals surface area contributed by atoms with Crippen molar-refractivity contribution in [3.05, 3.63) is 58.1 Å². The Morgan fingerprint density at radius 2 is 1.68 bits per heavy atom. The number of benzene rings is 2. The SMILES string of the molecule is CNCCCc1ccc(Cl)c(Cl)c1.c1ccc2n[nH]nc2c1. The third-order valence-electron chi connectivity index (χ3n) is 3.10. The van der Waals surface area contributed by atoms with Gasteiger partial charge in [-0.1, -0.05) is 41.4 Å². The molecule has 0 aliphatic rings. The molecule has 2 aromatic carbocycles. The number of nitrogens with zero attached hydrogens (tertiary/aromatic N) is 2. The van der Waals surface area contributed by atoms with Crippen LogP contribution < -0.4 is 5.32 Å². The summed E-state index contributed by atoms with van der Waals surface area (Å²) in [5.74, 6) is 0. The van der Waals surface area contributed by atoms with E-state index in [1.165, 1.54) is 5.56 Å². The third kappa shape index (κ3) is 4.98. The Balaban J connectivity index is 0.000000170. The molecule has 0 aliphatic carbocycles. The van der Waals surface area contributed by atoms with Crippen molar-refractivity contribution in [2.45, 2.75) is 12.8 Å². The molecular weight excluding hydrogens is 319 g/mol. The number of aryl methyl sites for hydroxylation is 1. The highest BCUT2D eigenvalue weighted by atomic mass is 35.5. The van der Waals surface area contributed by atoms with E-state index in [2.05, 4.69) is 20.7 Å². The van der Waals surface area contributed by atoms with Crippen LogP contribution in [0.5, 0.6) is 0 Å². The minimum Gasteiger partial charge on any atom is -0.320 e. The number of aromatic nitrogens is 3. The molecule has 0 fully saturated rings. The molecule has 2 N–H and O–H groups in total. The van der Waals surface area contributed by atoms with Gasteiger partial charge in [0.15, 0.2) is 0 Å². The van der Waals surface area contributed by atoms with Crippen LogP contribution in [0, 0.1) is 0 Å². The smallest absolute Gasteiger partial charge is 0.112 e. The average Bonchev–Trinajstić information content (AvgIpc) is 3.00. The molecule has 0 amide bonds. The molecule has 1 heterocycles. The van der Waals surface area contributed by atoms with E-state index in [0.29, 0.717) is 10.0 Å². The zero-order valence-electron chi connectivity index (χ0n) is 12.3. The molecule has 3 aromatic rings. The Bertz CT molecular complexity index is 682. The lowest BCUT2D eigenvalue weighted by Gasteiger charge is -2.02. The largest absolute Gasteiger partial charge is 0.320 e. The first-order chi connectivity index (χ1) is 10.7. The van der Waals surface area contributed by atoms with E-state index >= 15 is 0 Å². The Labute approximate surface area is 139 Å². The van der Waals surface area contributed by atoms with Crippen molar-refractivity contribution in [2.24, 2.45) is 0 Å². The summed E-state index contributed by atoms with van der Waals surface area (Å²) in [7, 11) is 1.95. The van der Waals surface area contributed by atoms with E-state index in [0.717, 1.165) is 30.4 Å². The summed E-state index contributed by atoms with van der Waals surface area (Å²) in [6.07, 6.45) is 2.16. The number of para-hydroxylation sites is 2. The van der Waals surface area contributed by atoms with Crippen molar-refractivity contribution in [1.29, 1.82) is 0 Å². The van der Waals surface area contributed by atoms with Crippen molar-refractivity contribution in [1.82, 2.24) is 20.7 Å². The van der Waals surface area contributed by atoms with Crippen molar-refractivity contribution in [2.75, 3.05) is 13.6 Å². The normalized spacial score (nSPS) is 10.3. The van der Waals surface area contributed by atoms with Crippen molar-refractivity contribution in [3.63, 3.8) is 0 Å². The zero-order valence-corrected chi connectivity index (χ0v) is 13.8. The number of aromatic amines is 1. The van der Waals surface area contributed by atoms with Gasteiger partial charge < -0.3 is 5.32 Å². The van der Waals surface area contributed by atoms with Gasteiger partial charge in [-0.2, -0.15) is 15.4 Å². The molecule has 0 saturated carbocycles. The second-order valence-electron chi connectivity index (χ2n) is 4.77. The van der Waals surface area contributed by atoms with Gasteiger partial charge in [-0.15, -0.1) is 0 Å². The van der Waals surface area contributed by atoms with Crippen LogP contribution in [0.3, 0.4) is 0 Å². The number of fused-ring (bicyclic) bond motifs is 1. The predicted octanol–water partition coefficient (Wildman–Crippen LogP) is 4.10. The van der Waals surface area contributed by atoms with Crippen LogP contribution in [0.25, 0.3) is 11.0 Å². The molecule has 0 saturated heterocycles. The average molecular weight is 337 g/mol. The van der Waals surface area contributed by atoms with Crippen LogP contribution in [0.1, 0.15) is 12.0 Å². The summed E-state index contributed by atoms with van der Waals surface area (Å²) in [5, 5.41) is 14.7. The van der Waals surface area contributed by atoms with E-state index in [1.807, 2.05) is 49.5 Å². The second kappa shape index (κ2) is 8.73. The molecule has 22 heavy (non-hydrogen) atoms. The molecule has 1 aromatic heterocycles. The van der Waals surface area contributed by atoms with Crippen LogP contribution in [0.15, 0.2) is 42.5 Å². The maximum atomic E-state index is 5.88. The number of hydrogen-bond donors (Lipinski definition) is 2. The molecule has 3 rings (SSSR count). The lowest BCUT2D eigenvalue weighted by Crippen LogP contribution is -2.08. The molecule has 0 unspecified atom stereocenters. The maximum absolute atomic E-state index is 5.88. The number of halogens is 2. The van der Waals surface area contributed by atoms with Crippen molar-refractivity contribution >= 4 is 34.2 Å². The quantitative estimate of drug-likeness (QED) is 0.705. The Hall–Kier alpha value is -1.62. The molecule has 0 atom stereocenters. The van der Waals surface area contributed by atoms with Crippen LogP contribution in [0.4, 0.5) is 0 Å². The number of rotatable bonds is 4. The van der Waals surface area contributed by atoms with Crippen LogP contribution in [-0.2, 0) is 6.42 Å². The molecule has 116 valence electrons. The lowest BCUT2D eigenvalue weighted by molar-refractivity contribution is 0.725. The molecule has 0 radical (unpaired) electrons. The Morgan fingerprint density at radius 1 is 1.00 bits per heavy atom. The van der Waals surface area contributed by atoms with Gasteiger partial charge in [0.25, 0.3) is 0 Å². The van der Waals surface area contributed by atoms with E-state index in [-0.39, 0.29) is 0 Å². The summed E-state index contributed by atoms with van der Waals surface area (Å²) in [5.41, 5.74) is 3.07. The third-order valence-corrected chi connectivity index (χ3v) is 3.84. The number of hydrogen-bond acceptors (Lipinski definition) is 3. The fourth-order valence-electron chi connectivity index (χ4n) is 1.95. The van der Waals surface area contributed by atoms with Crippen molar-refractivity contribution in [3.8, 4) is 0 Å². The van der Waals surface area contributed by atoms with Gasteiger partial charge in [-0.3, -0.25) is 0 Å². The highest BCUT2D eigenvalue weighted by Gasteiger charge is 1.98. The fourth-order valence-corrected chi connectivity index (χ4v) is 2.27. The van der Waals surface area contributed by atoms with Crippen LogP contribution >= 0.6 is 23.2 Å². The van der Waals surface area contributed by atoms with Crippen molar-refractivity contribution < 1.29 is 0 Å². The number of nitrogens with one attached hydrogen (secondary N) is 2. The minimum absolute atomic E-state index is 0.624. The second-order valence-corrected chi connectivity index (χ2v) is 5.58. The molecule has 0 bridgehead atoms. The maximum Gasteiger partial charge on any atom is 0.112 e. The predicted molar refractivity (Wildman–Crippen MR) is 92.6 cm³/mol. The summed E-state index contributed by atoms with van der Waals surface area (Å²) < 4.78 is 0. The van der Waals surface area contributed by atoms with Crippen LogP contribution in [0.2, 0.25) is 10.0 Å². The van der Waals surface area contributed by atoms with E-state index in [1.54, 1.807) is 0 Å². The summed E-state index contributed by atoms with van der Waals surface area (Å²) >= 11 is 11.7. The summed E-state index contributed by atoms with van der Waals surface area (Å²) in [6.45, 7) is 1.03. The van der Waals surface area contributed by atoms with Gasteiger partial charge in [-0.25, -0.2) is 0 Å². The van der Waals surface area contributed by atoms with Gasteiger partial charge in [0.05, 0.1) is 10.0 Å². The van der Waals surface area contributed by atoms with E-state index in [9.17, 15) is 0 Å². The fraction of sp³-hybridized carbons (Fsp3) is 0.250. The highest BCUT2D eigenvalue weighted by molar-refractivity contribution is 6.42. The molecule has 6 heteroatoms. The molecule has 0 spiro atoms. The first-order valence-corrected chi connectivity index (χ1v) is 7.80. The summed E-state index contributed by atoms with van der Waals surface area (Å²) in [4.78, 5) is 0. The Morgan fingerprint density at radius 3 is 2.27 bits per heavy atom. The van der Waals surface area contributed by atoms with E-state index in [4.69, 9.17) is 23.2 Å². The van der Waals surface area contributed by atoms with Gasteiger partial charge in [-0.05, 0) is 56.3 Å².